The van der Waals surface area contributed by atoms with Gasteiger partial charge in [0.25, 0.3) is 0 Å². The van der Waals surface area contributed by atoms with Crippen molar-refractivity contribution in [2.75, 3.05) is 19.6 Å². The van der Waals surface area contributed by atoms with Crippen LogP contribution in [0, 0.1) is 25.6 Å². The normalized spacial score (nSPS) is 17.9. The van der Waals surface area contributed by atoms with Gasteiger partial charge in [0, 0.05) is 30.4 Å². The van der Waals surface area contributed by atoms with Crippen LogP contribution in [0.25, 0.3) is 5.69 Å². The minimum atomic E-state index is -0.268. The predicted molar refractivity (Wildman–Crippen MR) is 107 cm³/mol. The second-order valence-electron chi connectivity index (χ2n) is 8.22. The second-order valence-corrected chi connectivity index (χ2v) is 8.22. The summed E-state index contributed by atoms with van der Waals surface area (Å²) >= 11 is 0. The monoisotopic (exact) mass is 384 g/mol. The van der Waals surface area contributed by atoms with Crippen molar-refractivity contribution in [3.63, 3.8) is 0 Å². The first-order valence-electron chi connectivity index (χ1n) is 10.3. The molecule has 150 valence electrons. The topological polar surface area (TPSA) is 50.2 Å². The van der Waals surface area contributed by atoms with Gasteiger partial charge in [-0.05, 0) is 76.3 Å². The van der Waals surface area contributed by atoms with Crippen molar-refractivity contribution >= 4 is 5.91 Å². The number of benzene rings is 1. The van der Waals surface area contributed by atoms with Gasteiger partial charge in [0.2, 0.25) is 5.91 Å². The Hall–Kier alpha value is -2.21. The van der Waals surface area contributed by atoms with Crippen LogP contribution in [0.4, 0.5) is 4.39 Å². The van der Waals surface area contributed by atoms with E-state index in [1.54, 1.807) is 16.8 Å². The fourth-order valence-electron chi connectivity index (χ4n) is 4.02. The fraction of sp³-hybridized carbons (Fsp3) is 0.545. The van der Waals surface area contributed by atoms with E-state index in [4.69, 9.17) is 0 Å². The molecule has 1 aliphatic carbocycles. The molecule has 0 atom stereocenters. The van der Waals surface area contributed by atoms with Crippen molar-refractivity contribution in [2.45, 2.75) is 52.0 Å². The van der Waals surface area contributed by atoms with E-state index in [0.29, 0.717) is 12.5 Å². The van der Waals surface area contributed by atoms with Crippen LogP contribution < -0.4 is 5.32 Å². The van der Waals surface area contributed by atoms with E-state index in [1.807, 2.05) is 18.7 Å². The smallest absolute Gasteiger partial charge is 0.227 e. The average molecular weight is 384 g/mol. The summed E-state index contributed by atoms with van der Waals surface area (Å²) in [5.74, 6) is 0.796. The SMILES string of the molecule is Cc1nn(-c2ccc(F)cc2)c(C)c1CC(=O)N1CCC(NCC2CC2)CC1. The highest BCUT2D eigenvalue weighted by Crippen LogP contribution is 2.28. The summed E-state index contributed by atoms with van der Waals surface area (Å²) in [5, 5.41) is 8.24. The highest BCUT2D eigenvalue weighted by Gasteiger charge is 2.27. The number of aromatic nitrogens is 2. The van der Waals surface area contributed by atoms with Crippen LogP contribution in [-0.2, 0) is 11.2 Å². The maximum atomic E-state index is 13.2. The Kier molecular flexibility index (Phi) is 5.49. The van der Waals surface area contributed by atoms with Gasteiger partial charge in [-0.25, -0.2) is 9.07 Å². The van der Waals surface area contributed by atoms with E-state index in [2.05, 4.69) is 10.4 Å². The summed E-state index contributed by atoms with van der Waals surface area (Å²) in [4.78, 5) is 14.9. The first kappa shape index (κ1) is 19.1. The quantitative estimate of drug-likeness (QED) is 0.832. The van der Waals surface area contributed by atoms with Gasteiger partial charge in [-0.2, -0.15) is 5.10 Å². The molecule has 1 N–H and O–H groups in total. The number of carbonyl (C=O) groups is 1. The van der Waals surface area contributed by atoms with Gasteiger partial charge in [0.1, 0.15) is 5.82 Å². The van der Waals surface area contributed by atoms with Gasteiger partial charge in [-0.1, -0.05) is 0 Å². The van der Waals surface area contributed by atoms with Crippen LogP contribution in [-0.4, -0.2) is 46.3 Å². The maximum absolute atomic E-state index is 13.2. The second kappa shape index (κ2) is 8.03. The molecular formula is C22H29FN4O. The summed E-state index contributed by atoms with van der Waals surface area (Å²) in [6.45, 7) is 6.69. The average Bonchev–Trinajstić information content (AvgIpc) is 3.49. The number of nitrogens with zero attached hydrogens (tertiary/aromatic N) is 3. The number of piperidine rings is 1. The molecule has 4 rings (SSSR count). The lowest BCUT2D eigenvalue weighted by atomic mass is 10.0. The number of hydrogen-bond acceptors (Lipinski definition) is 3. The van der Waals surface area contributed by atoms with E-state index >= 15 is 0 Å². The highest BCUT2D eigenvalue weighted by atomic mass is 19.1. The molecule has 2 fully saturated rings. The number of likely N-dealkylation sites (tertiary alicyclic amines) is 1. The summed E-state index contributed by atoms with van der Waals surface area (Å²) in [6, 6.07) is 6.82. The molecule has 1 amide bonds. The van der Waals surface area contributed by atoms with Gasteiger partial charge in [-0.3, -0.25) is 4.79 Å². The van der Waals surface area contributed by atoms with E-state index < -0.39 is 0 Å². The van der Waals surface area contributed by atoms with Crippen LogP contribution in [0.2, 0.25) is 0 Å². The summed E-state index contributed by atoms with van der Waals surface area (Å²) < 4.78 is 15.0. The molecule has 1 saturated heterocycles. The van der Waals surface area contributed by atoms with E-state index in [-0.39, 0.29) is 11.7 Å². The third kappa shape index (κ3) is 4.27. The lowest BCUT2D eigenvalue weighted by molar-refractivity contribution is -0.131. The molecule has 2 aliphatic rings. The maximum Gasteiger partial charge on any atom is 0.227 e. The van der Waals surface area contributed by atoms with Gasteiger partial charge in [0.05, 0.1) is 17.8 Å². The Morgan fingerprint density at radius 3 is 2.46 bits per heavy atom. The molecule has 5 nitrogen and oxygen atoms in total. The summed E-state index contributed by atoms with van der Waals surface area (Å²) in [6.07, 6.45) is 5.18. The largest absolute Gasteiger partial charge is 0.342 e. The molecule has 0 spiro atoms. The molecule has 2 heterocycles. The Morgan fingerprint density at radius 1 is 1.14 bits per heavy atom. The molecule has 0 unspecified atom stereocenters. The van der Waals surface area contributed by atoms with Crippen LogP contribution in [0.3, 0.4) is 0 Å². The molecule has 1 saturated carbocycles. The minimum absolute atomic E-state index is 0.172. The van der Waals surface area contributed by atoms with Crippen molar-refractivity contribution in [2.24, 2.45) is 5.92 Å². The lowest BCUT2D eigenvalue weighted by Crippen LogP contribution is -2.45. The van der Waals surface area contributed by atoms with E-state index in [0.717, 1.165) is 61.0 Å². The van der Waals surface area contributed by atoms with Crippen molar-refractivity contribution < 1.29 is 9.18 Å². The Labute approximate surface area is 165 Å². The zero-order valence-electron chi connectivity index (χ0n) is 16.7. The number of amides is 1. The number of hydrogen-bond donors (Lipinski definition) is 1. The van der Waals surface area contributed by atoms with Crippen molar-refractivity contribution in [1.29, 1.82) is 0 Å². The zero-order valence-corrected chi connectivity index (χ0v) is 16.7. The van der Waals surface area contributed by atoms with Gasteiger partial charge >= 0.3 is 0 Å². The zero-order chi connectivity index (χ0) is 19.7. The number of aryl methyl sites for hydroxylation is 1. The lowest BCUT2D eigenvalue weighted by Gasteiger charge is -2.32. The van der Waals surface area contributed by atoms with Gasteiger partial charge in [-0.15, -0.1) is 0 Å². The number of carbonyl (C=O) groups excluding carboxylic acids is 1. The minimum Gasteiger partial charge on any atom is -0.342 e. The van der Waals surface area contributed by atoms with Crippen LogP contribution in [0.15, 0.2) is 24.3 Å². The summed E-state index contributed by atoms with van der Waals surface area (Å²) in [7, 11) is 0. The molecule has 1 aliphatic heterocycles. The summed E-state index contributed by atoms with van der Waals surface area (Å²) in [5.41, 5.74) is 3.58. The highest BCUT2D eigenvalue weighted by molar-refractivity contribution is 5.79. The number of nitrogens with one attached hydrogen (secondary N) is 1. The molecule has 1 aromatic carbocycles. The molecule has 28 heavy (non-hydrogen) atoms. The molecule has 0 radical (unpaired) electrons. The number of halogens is 1. The van der Waals surface area contributed by atoms with Crippen molar-refractivity contribution in [3.8, 4) is 5.69 Å². The first-order chi connectivity index (χ1) is 13.5. The predicted octanol–water partition coefficient (Wildman–Crippen LogP) is 3.16. The van der Waals surface area contributed by atoms with E-state index in [1.165, 1.54) is 25.0 Å². The van der Waals surface area contributed by atoms with Gasteiger partial charge in [0.15, 0.2) is 0 Å². The molecule has 0 bridgehead atoms. The van der Waals surface area contributed by atoms with Crippen LogP contribution in [0.1, 0.15) is 42.6 Å². The molecule has 6 heteroatoms. The Bertz CT molecular complexity index is 833. The van der Waals surface area contributed by atoms with E-state index in [9.17, 15) is 9.18 Å². The Balaban J connectivity index is 1.37. The molecule has 2 aromatic rings. The van der Waals surface area contributed by atoms with Crippen molar-refractivity contribution in [3.05, 3.63) is 47.0 Å². The standard InChI is InChI=1S/C22H29FN4O/c1-15-21(16(2)27(25-15)20-7-5-18(23)6-8-20)13-22(28)26-11-9-19(10-12-26)24-14-17-3-4-17/h5-8,17,19,24H,3-4,9-14H2,1-2H3. The number of rotatable bonds is 6. The Morgan fingerprint density at radius 2 is 1.82 bits per heavy atom. The third-order valence-corrected chi connectivity index (χ3v) is 6.08. The molecule has 1 aromatic heterocycles. The van der Waals surface area contributed by atoms with Gasteiger partial charge < -0.3 is 10.2 Å². The van der Waals surface area contributed by atoms with Crippen LogP contribution >= 0.6 is 0 Å². The van der Waals surface area contributed by atoms with Crippen LogP contribution in [0.5, 0.6) is 0 Å². The first-order valence-corrected chi connectivity index (χ1v) is 10.3. The van der Waals surface area contributed by atoms with Crippen molar-refractivity contribution in [1.82, 2.24) is 20.0 Å². The molecular weight excluding hydrogens is 355 g/mol. The fourth-order valence-corrected chi connectivity index (χ4v) is 4.02. The third-order valence-electron chi connectivity index (χ3n) is 6.08.